The largest absolute Gasteiger partial charge is 0.393 e. The van der Waals surface area contributed by atoms with Crippen LogP contribution < -0.4 is 0 Å². The van der Waals surface area contributed by atoms with E-state index in [0.717, 1.165) is 38.0 Å². The lowest BCUT2D eigenvalue weighted by Gasteiger charge is -2.60. The Hall–Kier alpha value is -0.380. The molecule has 9 atom stereocenters. The highest BCUT2D eigenvalue weighted by Gasteiger charge is 2.81. The highest BCUT2D eigenvalue weighted by Crippen LogP contribution is 2.84. The van der Waals surface area contributed by atoms with E-state index in [1.807, 2.05) is 0 Å². The quantitative estimate of drug-likeness (QED) is 0.647. The standard InChI is InChI=1S/C21H32O3/c1-12-7-13-8-15(23)3-4-16(13)17-5-6-19(2)20(24,11-22)9-14-10-21(14,19)18(12)17/h8,12,14-18,22-24H,3-7,9-11H2,1-2H3/t12-,14+,15+,16+,17-,18-,19-,20-,21-/m1/s1. The molecule has 4 saturated carbocycles. The zero-order chi connectivity index (χ0) is 16.9. The van der Waals surface area contributed by atoms with Gasteiger partial charge in [-0.2, -0.15) is 0 Å². The van der Waals surface area contributed by atoms with Crippen molar-refractivity contribution in [2.45, 2.75) is 70.5 Å². The lowest BCUT2D eigenvalue weighted by Crippen LogP contribution is -2.58. The molecule has 3 nitrogen and oxygen atoms in total. The van der Waals surface area contributed by atoms with E-state index in [4.69, 9.17) is 0 Å². The van der Waals surface area contributed by atoms with E-state index in [1.165, 1.54) is 18.4 Å². The molecule has 5 rings (SSSR count). The molecule has 0 aromatic carbocycles. The highest BCUT2D eigenvalue weighted by atomic mass is 16.3. The van der Waals surface area contributed by atoms with Crippen molar-refractivity contribution in [2.75, 3.05) is 6.61 Å². The van der Waals surface area contributed by atoms with Crippen molar-refractivity contribution in [2.24, 2.45) is 40.4 Å². The predicted molar refractivity (Wildman–Crippen MR) is 92.1 cm³/mol. The molecular formula is C21H32O3. The van der Waals surface area contributed by atoms with Crippen LogP contribution in [0.1, 0.15) is 58.8 Å². The monoisotopic (exact) mass is 332 g/mol. The predicted octanol–water partition coefficient (Wildman–Crippen LogP) is 2.89. The highest BCUT2D eigenvalue weighted by molar-refractivity contribution is 5.32. The van der Waals surface area contributed by atoms with E-state index in [-0.39, 0.29) is 23.5 Å². The number of hydrogen-bond donors (Lipinski definition) is 3. The fourth-order valence-electron chi connectivity index (χ4n) is 8.42. The van der Waals surface area contributed by atoms with Crippen LogP contribution in [-0.2, 0) is 0 Å². The van der Waals surface area contributed by atoms with E-state index in [9.17, 15) is 15.3 Å². The maximum absolute atomic E-state index is 11.2. The fraction of sp³-hybridized carbons (Fsp3) is 0.905. The van der Waals surface area contributed by atoms with Crippen molar-refractivity contribution in [1.82, 2.24) is 0 Å². The minimum Gasteiger partial charge on any atom is -0.393 e. The van der Waals surface area contributed by atoms with Gasteiger partial charge in [-0.05, 0) is 80.0 Å². The van der Waals surface area contributed by atoms with Gasteiger partial charge in [0.2, 0.25) is 0 Å². The van der Waals surface area contributed by atoms with Crippen LogP contribution in [0.5, 0.6) is 0 Å². The van der Waals surface area contributed by atoms with Gasteiger partial charge in [-0.25, -0.2) is 0 Å². The summed E-state index contributed by atoms with van der Waals surface area (Å²) in [6.45, 7) is 4.62. The number of aliphatic hydroxyl groups is 3. The van der Waals surface area contributed by atoms with Gasteiger partial charge >= 0.3 is 0 Å². The molecule has 4 fully saturated rings. The molecule has 24 heavy (non-hydrogen) atoms. The normalized spacial score (nSPS) is 61.3. The van der Waals surface area contributed by atoms with Crippen molar-refractivity contribution >= 4 is 0 Å². The fourth-order valence-corrected chi connectivity index (χ4v) is 8.42. The van der Waals surface area contributed by atoms with Crippen LogP contribution in [0.25, 0.3) is 0 Å². The second-order valence-electron chi connectivity index (χ2n) is 10.1. The van der Waals surface area contributed by atoms with Crippen LogP contribution in [0.4, 0.5) is 0 Å². The number of allylic oxidation sites excluding steroid dienone is 1. The van der Waals surface area contributed by atoms with Gasteiger partial charge in [0.1, 0.15) is 0 Å². The van der Waals surface area contributed by atoms with Crippen molar-refractivity contribution < 1.29 is 15.3 Å². The Kier molecular flexibility index (Phi) is 3.08. The Balaban J connectivity index is 1.56. The Morgan fingerprint density at radius 3 is 2.75 bits per heavy atom. The molecule has 0 aromatic rings. The van der Waals surface area contributed by atoms with E-state index >= 15 is 0 Å². The summed E-state index contributed by atoms with van der Waals surface area (Å²) in [4.78, 5) is 0. The molecule has 0 radical (unpaired) electrons. The van der Waals surface area contributed by atoms with E-state index in [1.54, 1.807) is 0 Å². The van der Waals surface area contributed by atoms with Gasteiger partial charge in [-0.15, -0.1) is 0 Å². The van der Waals surface area contributed by atoms with Gasteiger partial charge in [0.05, 0.1) is 18.3 Å². The van der Waals surface area contributed by atoms with Crippen molar-refractivity contribution in [3.05, 3.63) is 11.6 Å². The van der Waals surface area contributed by atoms with Crippen LogP contribution in [0.3, 0.4) is 0 Å². The summed E-state index contributed by atoms with van der Waals surface area (Å²) < 4.78 is 0. The van der Waals surface area contributed by atoms with E-state index in [0.29, 0.717) is 23.7 Å². The molecule has 3 N–H and O–H groups in total. The number of aliphatic hydroxyl groups excluding tert-OH is 2. The molecule has 0 unspecified atom stereocenters. The first kappa shape index (κ1) is 15.8. The Morgan fingerprint density at radius 2 is 2.00 bits per heavy atom. The van der Waals surface area contributed by atoms with Crippen molar-refractivity contribution in [3.8, 4) is 0 Å². The van der Waals surface area contributed by atoms with E-state index in [2.05, 4.69) is 19.9 Å². The molecular weight excluding hydrogens is 300 g/mol. The third kappa shape index (κ3) is 1.61. The summed E-state index contributed by atoms with van der Waals surface area (Å²) in [5, 5.41) is 31.2. The maximum atomic E-state index is 11.2. The lowest BCUT2D eigenvalue weighted by atomic mass is 9.46. The Morgan fingerprint density at radius 1 is 1.21 bits per heavy atom. The number of fused-ring (bicyclic) bond motifs is 3. The van der Waals surface area contributed by atoms with Gasteiger partial charge in [0.15, 0.2) is 0 Å². The molecule has 0 heterocycles. The molecule has 134 valence electrons. The summed E-state index contributed by atoms with van der Waals surface area (Å²) in [5.41, 5.74) is 0.827. The first-order valence-corrected chi connectivity index (χ1v) is 10.1. The third-order valence-electron chi connectivity index (χ3n) is 9.43. The molecule has 0 amide bonds. The summed E-state index contributed by atoms with van der Waals surface area (Å²) in [6, 6.07) is 0. The minimum absolute atomic E-state index is 0.0751. The van der Waals surface area contributed by atoms with Gasteiger partial charge < -0.3 is 15.3 Å². The van der Waals surface area contributed by atoms with Crippen LogP contribution in [0, 0.1) is 40.4 Å². The first-order valence-electron chi connectivity index (χ1n) is 10.1. The van der Waals surface area contributed by atoms with Gasteiger partial charge in [-0.3, -0.25) is 0 Å². The average Bonchev–Trinajstić information content (AvgIpc) is 3.19. The van der Waals surface area contributed by atoms with Crippen LogP contribution >= 0.6 is 0 Å². The summed E-state index contributed by atoms with van der Waals surface area (Å²) in [7, 11) is 0. The number of hydrogen-bond acceptors (Lipinski definition) is 3. The van der Waals surface area contributed by atoms with Crippen molar-refractivity contribution in [1.29, 1.82) is 0 Å². The average molecular weight is 332 g/mol. The second-order valence-corrected chi connectivity index (χ2v) is 10.1. The maximum Gasteiger partial charge on any atom is 0.0938 e. The minimum atomic E-state index is -0.862. The first-order chi connectivity index (χ1) is 11.4. The van der Waals surface area contributed by atoms with Gasteiger partial charge in [0.25, 0.3) is 0 Å². The van der Waals surface area contributed by atoms with Gasteiger partial charge in [0, 0.05) is 5.41 Å². The number of rotatable bonds is 1. The zero-order valence-electron chi connectivity index (χ0n) is 15.0. The zero-order valence-corrected chi connectivity index (χ0v) is 15.0. The summed E-state index contributed by atoms with van der Waals surface area (Å²) in [6.07, 6.45) is 9.43. The van der Waals surface area contributed by atoms with Crippen LogP contribution in [-0.4, -0.2) is 33.6 Å². The second kappa shape index (κ2) is 4.66. The van der Waals surface area contributed by atoms with Crippen LogP contribution in [0.2, 0.25) is 0 Å². The molecule has 5 aliphatic rings. The molecule has 0 aromatic heterocycles. The van der Waals surface area contributed by atoms with Gasteiger partial charge in [-0.1, -0.05) is 25.5 Å². The Labute approximate surface area is 145 Å². The Bertz CT molecular complexity index is 600. The molecule has 3 heteroatoms. The van der Waals surface area contributed by atoms with Crippen LogP contribution in [0.15, 0.2) is 11.6 Å². The SMILES string of the molecule is C[C@@H]1CC2=C[C@@H](O)CC[C@@H]2[C@H]2CC[C@]3(C)[C@](O)(CO)C[C@H]4C[C@]43[C@@H]21. The molecule has 5 aliphatic carbocycles. The smallest absolute Gasteiger partial charge is 0.0938 e. The molecule has 0 bridgehead atoms. The molecule has 0 saturated heterocycles. The molecule has 1 spiro atoms. The van der Waals surface area contributed by atoms with E-state index < -0.39 is 5.60 Å². The topological polar surface area (TPSA) is 60.7 Å². The molecule has 0 aliphatic heterocycles. The van der Waals surface area contributed by atoms with Crippen molar-refractivity contribution in [3.63, 3.8) is 0 Å². The third-order valence-corrected chi connectivity index (χ3v) is 9.43. The summed E-state index contributed by atoms with van der Waals surface area (Å²) in [5.74, 6) is 3.34. The summed E-state index contributed by atoms with van der Waals surface area (Å²) >= 11 is 0. The lowest BCUT2D eigenvalue weighted by molar-refractivity contribution is -0.169.